The summed E-state index contributed by atoms with van der Waals surface area (Å²) in [6, 6.07) is 22.9. The molecule has 7 heteroatoms. The summed E-state index contributed by atoms with van der Waals surface area (Å²) in [6.45, 7) is 2.41. The number of aromatic nitrogens is 1. The molecule has 1 aromatic heterocycles. The van der Waals surface area contributed by atoms with E-state index in [0.29, 0.717) is 23.5 Å². The van der Waals surface area contributed by atoms with Crippen LogP contribution in [0.4, 0.5) is 4.39 Å². The molecule has 0 unspecified atom stereocenters. The maximum Gasteiger partial charge on any atom is 0.295 e. The Bertz CT molecular complexity index is 1520. The fourth-order valence-corrected chi connectivity index (χ4v) is 4.58. The third-order valence-corrected chi connectivity index (χ3v) is 6.43. The molecule has 1 saturated heterocycles. The van der Waals surface area contributed by atoms with Gasteiger partial charge in [0.05, 0.1) is 11.6 Å². The molecule has 1 aliphatic rings. The highest BCUT2D eigenvalue weighted by molar-refractivity contribution is 6.46. The SMILES string of the molecule is Cc1cccc(COc2ccc(/C(O)=C3\C(=O)C(=O)N(Cc4cccnc4)[C@@H]3c3ccccc3F)cc2)c1. The fourth-order valence-electron chi connectivity index (χ4n) is 4.58. The molecule has 1 fully saturated rings. The molecule has 1 atom stereocenters. The zero-order chi connectivity index (χ0) is 26.6. The maximum atomic E-state index is 15.0. The minimum Gasteiger partial charge on any atom is -0.507 e. The number of benzene rings is 3. The van der Waals surface area contributed by atoms with Crippen LogP contribution in [0.25, 0.3) is 5.76 Å². The van der Waals surface area contributed by atoms with Crippen LogP contribution in [0.2, 0.25) is 0 Å². The number of amides is 1. The lowest BCUT2D eigenvalue weighted by atomic mass is 9.94. The number of halogens is 1. The molecule has 38 heavy (non-hydrogen) atoms. The van der Waals surface area contributed by atoms with E-state index in [1.165, 1.54) is 23.1 Å². The zero-order valence-corrected chi connectivity index (χ0v) is 20.7. The summed E-state index contributed by atoms with van der Waals surface area (Å²) in [5.41, 5.74) is 3.10. The van der Waals surface area contributed by atoms with Crippen molar-refractivity contribution in [3.63, 3.8) is 0 Å². The largest absolute Gasteiger partial charge is 0.507 e. The second-order valence-electron chi connectivity index (χ2n) is 9.11. The predicted octanol–water partition coefficient (Wildman–Crippen LogP) is 5.73. The first-order valence-corrected chi connectivity index (χ1v) is 12.1. The number of ketones is 1. The molecule has 4 aromatic rings. The number of pyridine rings is 1. The molecule has 5 rings (SSSR count). The van der Waals surface area contributed by atoms with Gasteiger partial charge in [0.1, 0.15) is 23.9 Å². The number of hydrogen-bond donors (Lipinski definition) is 1. The topological polar surface area (TPSA) is 79.7 Å². The summed E-state index contributed by atoms with van der Waals surface area (Å²) >= 11 is 0. The molecule has 6 nitrogen and oxygen atoms in total. The Morgan fingerprint density at radius 2 is 1.74 bits per heavy atom. The zero-order valence-electron chi connectivity index (χ0n) is 20.7. The molecule has 1 N–H and O–H groups in total. The van der Waals surface area contributed by atoms with Crippen LogP contribution in [0.15, 0.2) is 103 Å². The first-order chi connectivity index (χ1) is 18.4. The van der Waals surface area contributed by atoms with E-state index >= 15 is 0 Å². The monoisotopic (exact) mass is 508 g/mol. The van der Waals surface area contributed by atoms with Crippen LogP contribution in [0.5, 0.6) is 5.75 Å². The van der Waals surface area contributed by atoms with Gasteiger partial charge in [-0.15, -0.1) is 0 Å². The number of likely N-dealkylation sites (tertiary alicyclic amines) is 1. The van der Waals surface area contributed by atoms with E-state index in [0.717, 1.165) is 11.1 Å². The third-order valence-electron chi connectivity index (χ3n) is 6.43. The number of aliphatic hydroxyl groups excluding tert-OH is 1. The van der Waals surface area contributed by atoms with E-state index in [4.69, 9.17) is 4.74 Å². The Morgan fingerprint density at radius 1 is 0.974 bits per heavy atom. The van der Waals surface area contributed by atoms with Crippen molar-refractivity contribution in [2.45, 2.75) is 26.1 Å². The van der Waals surface area contributed by atoms with E-state index in [2.05, 4.69) is 4.98 Å². The van der Waals surface area contributed by atoms with Crippen molar-refractivity contribution in [2.24, 2.45) is 0 Å². The van der Waals surface area contributed by atoms with Crippen LogP contribution in [0.1, 0.15) is 33.9 Å². The molecule has 1 aliphatic heterocycles. The minimum absolute atomic E-state index is 0.0277. The third kappa shape index (κ3) is 5.04. The molecule has 0 radical (unpaired) electrons. The van der Waals surface area contributed by atoms with E-state index in [9.17, 15) is 19.1 Å². The van der Waals surface area contributed by atoms with Gasteiger partial charge in [-0.2, -0.15) is 0 Å². The molecule has 2 heterocycles. The first-order valence-electron chi connectivity index (χ1n) is 12.1. The first kappa shape index (κ1) is 24.9. The summed E-state index contributed by atoms with van der Waals surface area (Å²) in [6.07, 6.45) is 3.17. The summed E-state index contributed by atoms with van der Waals surface area (Å²) < 4.78 is 20.8. The maximum absolute atomic E-state index is 15.0. The average molecular weight is 509 g/mol. The van der Waals surface area contributed by atoms with Crippen molar-refractivity contribution < 1.29 is 23.8 Å². The van der Waals surface area contributed by atoms with Crippen LogP contribution in [-0.4, -0.2) is 26.7 Å². The molecule has 3 aromatic carbocycles. The normalized spacial score (nSPS) is 16.6. The lowest BCUT2D eigenvalue weighted by molar-refractivity contribution is -0.140. The number of aliphatic hydroxyl groups is 1. The lowest BCUT2D eigenvalue weighted by Crippen LogP contribution is -2.29. The molecule has 0 bridgehead atoms. The Labute approximate surface area is 219 Å². The summed E-state index contributed by atoms with van der Waals surface area (Å²) in [4.78, 5) is 31.6. The Morgan fingerprint density at radius 3 is 2.45 bits per heavy atom. The van der Waals surface area contributed by atoms with Crippen LogP contribution in [-0.2, 0) is 22.7 Å². The predicted molar refractivity (Wildman–Crippen MR) is 140 cm³/mol. The Balaban J connectivity index is 1.48. The second kappa shape index (κ2) is 10.7. The van der Waals surface area contributed by atoms with Crippen LogP contribution in [0.3, 0.4) is 0 Å². The van der Waals surface area contributed by atoms with Crippen molar-refractivity contribution in [3.8, 4) is 5.75 Å². The number of carbonyl (C=O) groups is 2. The number of Topliss-reactive ketones (excluding diaryl/α,β-unsaturated/α-hetero) is 1. The fraction of sp³-hybridized carbons (Fsp3) is 0.129. The van der Waals surface area contributed by atoms with Crippen molar-refractivity contribution >= 4 is 17.4 Å². The van der Waals surface area contributed by atoms with Crippen molar-refractivity contribution in [3.05, 3.63) is 137 Å². The van der Waals surface area contributed by atoms with Crippen LogP contribution < -0.4 is 4.74 Å². The highest BCUT2D eigenvalue weighted by Crippen LogP contribution is 2.41. The number of aryl methyl sites for hydroxylation is 1. The minimum atomic E-state index is -1.10. The van der Waals surface area contributed by atoms with E-state index in [-0.39, 0.29) is 23.4 Å². The molecule has 0 aliphatic carbocycles. The van der Waals surface area contributed by atoms with Crippen molar-refractivity contribution in [1.82, 2.24) is 9.88 Å². The molecule has 1 amide bonds. The standard InChI is InChI=1S/C31H25FN2O4/c1-20-6-4-7-21(16-20)19-38-24-13-11-23(12-14-24)29(35)27-28(25-9-2-3-10-26(25)32)34(31(37)30(27)36)18-22-8-5-15-33-17-22/h2-17,28,35H,18-19H2,1H3/b29-27+/t28-/m1/s1. The molecular formula is C31H25FN2O4. The van der Waals surface area contributed by atoms with Crippen molar-refractivity contribution in [2.75, 3.05) is 0 Å². The van der Waals surface area contributed by atoms with Gasteiger partial charge in [0.25, 0.3) is 11.7 Å². The van der Waals surface area contributed by atoms with Gasteiger partial charge >= 0.3 is 0 Å². The molecule has 190 valence electrons. The van der Waals surface area contributed by atoms with E-state index < -0.39 is 23.5 Å². The number of nitrogens with zero attached hydrogens (tertiary/aromatic N) is 2. The average Bonchev–Trinajstić information content (AvgIpc) is 3.17. The summed E-state index contributed by atoms with van der Waals surface area (Å²) in [7, 11) is 0. The van der Waals surface area contributed by atoms with Gasteiger partial charge in [-0.1, -0.05) is 54.1 Å². The number of hydrogen-bond acceptors (Lipinski definition) is 5. The van der Waals surface area contributed by atoms with Crippen molar-refractivity contribution in [1.29, 1.82) is 0 Å². The quantitative estimate of drug-likeness (QED) is 0.196. The molecular weight excluding hydrogens is 483 g/mol. The van der Waals surface area contributed by atoms with Crippen LogP contribution in [0, 0.1) is 12.7 Å². The Hall–Kier alpha value is -4.78. The Kier molecular flexibility index (Phi) is 7.00. The van der Waals surface area contributed by atoms with Gasteiger partial charge in [0, 0.05) is 30.1 Å². The highest BCUT2D eigenvalue weighted by Gasteiger charge is 2.46. The second-order valence-corrected chi connectivity index (χ2v) is 9.11. The number of ether oxygens (including phenoxy) is 1. The van der Waals surface area contributed by atoms with Gasteiger partial charge in [-0.25, -0.2) is 4.39 Å². The number of rotatable bonds is 7. The van der Waals surface area contributed by atoms with E-state index in [1.54, 1.807) is 54.9 Å². The number of carbonyl (C=O) groups excluding carboxylic acids is 2. The van der Waals surface area contributed by atoms with Gasteiger partial charge in [-0.05, 0) is 54.4 Å². The van der Waals surface area contributed by atoms with Crippen LogP contribution >= 0.6 is 0 Å². The smallest absolute Gasteiger partial charge is 0.295 e. The molecule has 0 saturated carbocycles. The lowest BCUT2D eigenvalue weighted by Gasteiger charge is -2.25. The summed E-state index contributed by atoms with van der Waals surface area (Å²) in [5.74, 6) is -2.08. The van der Waals surface area contributed by atoms with Gasteiger partial charge in [-0.3, -0.25) is 14.6 Å². The molecule has 0 spiro atoms. The van der Waals surface area contributed by atoms with Gasteiger partial charge < -0.3 is 14.7 Å². The van der Waals surface area contributed by atoms with Gasteiger partial charge in [0.2, 0.25) is 0 Å². The highest BCUT2D eigenvalue weighted by atomic mass is 19.1. The van der Waals surface area contributed by atoms with Gasteiger partial charge in [0.15, 0.2) is 0 Å². The van der Waals surface area contributed by atoms with E-state index in [1.807, 2.05) is 31.2 Å². The summed E-state index contributed by atoms with van der Waals surface area (Å²) in [5, 5.41) is 11.2.